The second-order valence-electron chi connectivity index (χ2n) is 9.11. The number of benzene rings is 2. The molecule has 0 N–H and O–H groups in total. The van der Waals surface area contributed by atoms with E-state index in [9.17, 15) is 9.59 Å². The second-order valence-corrected chi connectivity index (χ2v) is 9.54. The van der Waals surface area contributed by atoms with Gasteiger partial charge in [-0.15, -0.1) is 0 Å². The fraction of sp³-hybridized carbons (Fsp3) is 0.407. The maximum Gasteiger partial charge on any atom is 0.194 e. The molecule has 0 aromatic heterocycles. The molecule has 0 radical (unpaired) electrons. The number of ketones is 2. The third-order valence-corrected chi connectivity index (χ3v) is 6.27. The Balaban J connectivity index is 2.30. The van der Waals surface area contributed by atoms with Crippen molar-refractivity contribution in [1.29, 1.82) is 0 Å². The van der Waals surface area contributed by atoms with Crippen LogP contribution < -0.4 is 0 Å². The number of carbonyl (C=O) groups is 2. The highest BCUT2D eigenvalue weighted by Gasteiger charge is 2.46. The summed E-state index contributed by atoms with van der Waals surface area (Å²) in [5.41, 5.74) is 3.71. The predicted octanol–water partition coefficient (Wildman–Crippen LogP) is 6.85. The minimum absolute atomic E-state index is 0.0753. The highest BCUT2D eigenvalue weighted by atomic mass is 35.5. The van der Waals surface area contributed by atoms with Crippen molar-refractivity contribution < 1.29 is 14.3 Å². The van der Waals surface area contributed by atoms with E-state index in [-0.39, 0.29) is 18.0 Å². The average Bonchev–Trinajstić information content (AvgIpc) is 2.71. The van der Waals surface area contributed by atoms with E-state index < -0.39 is 11.2 Å². The zero-order valence-electron chi connectivity index (χ0n) is 19.3. The molecule has 2 aromatic carbocycles. The molecule has 4 heteroatoms. The van der Waals surface area contributed by atoms with Crippen LogP contribution in [-0.4, -0.2) is 22.8 Å². The van der Waals surface area contributed by atoms with Gasteiger partial charge in [-0.2, -0.15) is 0 Å². The lowest BCUT2D eigenvalue weighted by Gasteiger charge is -2.43. The van der Waals surface area contributed by atoms with Crippen LogP contribution in [0.3, 0.4) is 0 Å². The molecule has 31 heavy (non-hydrogen) atoms. The molecule has 0 aliphatic carbocycles. The molecule has 0 saturated carbocycles. The lowest BCUT2D eigenvalue weighted by molar-refractivity contribution is -0.153. The molecule has 2 aromatic rings. The second kappa shape index (κ2) is 8.72. The van der Waals surface area contributed by atoms with Crippen LogP contribution in [0.4, 0.5) is 0 Å². The smallest absolute Gasteiger partial charge is 0.194 e. The number of halogens is 1. The number of Topliss-reactive ketones (excluding diaryl/α,β-unsaturated/α-hetero) is 2. The predicted molar refractivity (Wildman–Crippen MR) is 127 cm³/mol. The minimum atomic E-state index is -0.973. The normalized spacial score (nSPS) is 17.7. The number of ether oxygens (including phenoxy) is 1. The molecule has 0 unspecified atom stereocenters. The van der Waals surface area contributed by atoms with Crippen molar-refractivity contribution >= 4 is 28.7 Å². The van der Waals surface area contributed by atoms with Gasteiger partial charge in [-0.3, -0.25) is 9.59 Å². The van der Waals surface area contributed by atoms with Crippen LogP contribution in [0.1, 0.15) is 65.5 Å². The van der Waals surface area contributed by atoms with E-state index in [0.29, 0.717) is 17.0 Å². The van der Waals surface area contributed by atoms with Crippen molar-refractivity contribution in [3.63, 3.8) is 0 Å². The van der Waals surface area contributed by atoms with Crippen molar-refractivity contribution in [3.05, 3.63) is 64.2 Å². The first-order valence-electron chi connectivity index (χ1n) is 10.9. The molecular weight excluding hydrogens is 408 g/mol. The monoisotopic (exact) mass is 438 g/mol. The maximum atomic E-state index is 13.7. The first kappa shape index (κ1) is 23.4. The van der Waals surface area contributed by atoms with Crippen molar-refractivity contribution in [3.8, 4) is 11.1 Å². The van der Waals surface area contributed by atoms with Gasteiger partial charge < -0.3 is 4.74 Å². The molecule has 1 aliphatic heterocycles. The van der Waals surface area contributed by atoms with Crippen LogP contribution in [0.5, 0.6) is 0 Å². The maximum absolute atomic E-state index is 13.7. The Morgan fingerprint density at radius 3 is 2.13 bits per heavy atom. The highest BCUT2D eigenvalue weighted by Crippen LogP contribution is 2.44. The summed E-state index contributed by atoms with van der Waals surface area (Å²) in [6, 6.07) is 13.9. The zero-order valence-corrected chi connectivity index (χ0v) is 20.0. The lowest BCUT2D eigenvalue weighted by atomic mass is 9.75. The number of aryl methyl sites for hydroxylation is 1. The van der Waals surface area contributed by atoms with Crippen LogP contribution in [-0.2, 0) is 20.7 Å². The molecule has 3 nitrogen and oxygen atoms in total. The molecule has 164 valence electrons. The molecule has 0 saturated heterocycles. The Morgan fingerprint density at radius 2 is 1.55 bits per heavy atom. The lowest BCUT2D eigenvalue weighted by Crippen LogP contribution is -2.49. The van der Waals surface area contributed by atoms with Crippen molar-refractivity contribution in [2.75, 3.05) is 0 Å². The van der Waals surface area contributed by atoms with Crippen LogP contribution in [0.25, 0.3) is 16.7 Å². The van der Waals surface area contributed by atoms with E-state index in [0.717, 1.165) is 34.2 Å². The molecule has 1 heterocycles. The van der Waals surface area contributed by atoms with E-state index in [1.54, 1.807) is 0 Å². The van der Waals surface area contributed by atoms with Gasteiger partial charge in [0.05, 0.1) is 5.60 Å². The van der Waals surface area contributed by atoms with Gasteiger partial charge in [-0.05, 0) is 80.1 Å². The minimum Gasteiger partial charge on any atom is -0.357 e. The number of hydrogen-bond acceptors (Lipinski definition) is 3. The van der Waals surface area contributed by atoms with Crippen LogP contribution in [0.15, 0.2) is 48.0 Å². The van der Waals surface area contributed by atoms with Gasteiger partial charge in [0.1, 0.15) is 11.4 Å². The summed E-state index contributed by atoms with van der Waals surface area (Å²) < 4.78 is 6.21. The molecule has 0 fully saturated rings. The van der Waals surface area contributed by atoms with Gasteiger partial charge in [0, 0.05) is 23.4 Å². The summed E-state index contributed by atoms with van der Waals surface area (Å²) in [4.78, 5) is 26.1. The fourth-order valence-electron chi connectivity index (χ4n) is 4.33. The first-order chi connectivity index (χ1) is 14.5. The Labute approximate surface area is 190 Å². The molecule has 0 bridgehead atoms. The van der Waals surface area contributed by atoms with E-state index >= 15 is 0 Å². The Kier molecular flexibility index (Phi) is 6.59. The summed E-state index contributed by atoms with van der Waals surface area (Å²) in [5.74, 6) is 0.0252. The topological polar surface area (TPSA) is 43.4 Å². The molecule has 1 aliphatic rings. The SMILES string of the molecule is CCC(=O)CC1=C(c2cc(-c3ccc(Cl)cc3)ccc2CC)C(=O)C(C)(C)OC1(C)C. The largest absolute Gasteiger partial charge is 0.357 e. The van der Waals surface area contributed by atoms with Crippen molar-refractivity contribution in [1.82, 2.24) is 0 Å². The summed E-state index contributed by atoms with van der Waals surface area (Å²) >= 11 is 6.07. The van der Waals surface area contributed by atoms with Gasteiger partial charge >= 0.3 is 0 Å². The van der Waals surface area contributed by atoms with Gasteiger partial charge in [-0.1, -0.05) is 49.7 Å². The quantitative estimate of drug-likeness (QED) is 0.495. The van der Waals surface area contributed by atoms with E-state index in [1.807, 2.05) is 58.9 Å². The van der Waals surface area contributed by atoms with E-state index in [1.165, 1.54) is 0 Å². The van der Waals surface area contributed by atoms with E-state index in [4.69, 9.17) is 16.3 Å². The Bertz CT molecular complexity index is 1040. The number of hydrogen-bond donors (Lipinski definition) is 0. The van der Waals surface area contributed by atoms with Gasteiger partial charge in [0.15, 0.2) is 5.78 Å². The standard InChI is InChI=1S/C27H31ClO3/c1-7-17-9-10-19(18-11-13-20(28)14-12-18)15-22(17)24-23(16-21(29)8-2)26(3,4)31-27(5,6)25(24)30/h9-15H,7-8,16H2,1-6H3. The zero-order chi connectivity index (χ0) is 23.0. The molecule has 0 spiro atoms. The third kappa shape index (κ3) is 4.68. The van der Waals surface area contributed by atoms with Gasteiger partial charge in [0.25, 0.3) is 0 Å². The summed E-state index contributed by atoms with van der Waals surface area (Å²) in [6.45, 7) is 11.5. The van der Waals surface area contributed by atoms with Crippen LogP contribution in [0.2, 0.25) is 5.02 Å². The molecule has 3 rings (SSSR count). The Hall–Kier alpha value is -2.23. The Morgan fingerprint density at radius 1 is 0.935 bits per heavy atom. The van der Waals surface area contributed by atoms with Gasteiger partial charge in [-0.25, -0.2) is 0 Å². The van der Waals surface area contributed by atoms with Crippen LogP contribution in [0, 0.1) is 0 Å². The summed E-state index contributed by atoms with van der Waals surface area (Å²) in [7, 11) is 0. The van der Waals surface area contributed by atoms with Gasteiger partial charge in [0.2, 0.25) is 0 Å². The molecular formula is C27H31ClO3. The number of carbonyl (C=O) groups excluding carboxylic acids is 2. The molecule has 0 atom stereocenters. The van der Waals surface area contributed by atoms with Crippen LogP contribution >= 0.6 is 11.6 Å². The molecule has 0 amide bonds. The fourth-order valence-corrected chi connectivity index (χ4v) is 4.46. The number of rotatable bonds is 6. The highest BCUT2D eigenvalue weighted by molar-refractivity contribution is 6.30. The van der Waals surface area contributed by atoms with Crippen molar-refractivity contribution in [2.45, 2.75) is 72.0 Å². The average molecular weight is 439 g/mol. The van der Waals surface area contributed by atoms with Crippen molar-refractivity contribution in [2.24, 2.45) is 0 Å². The third-order valence-electron chi connectivity index (χ3n) is 6.02. The first-order valence-corrected chi connectivity index (χ1v) is 11.3. The van der Waals surface area contributed by atoms with E-state index in [2.05, 4.69) is 25.1 Å². The summed E-state index contributed by atoms with van der Waals surface area (Å²) in [5, 5.41) is 0.681. The summed E-state index contributed by atoms with van der Waals surface area (Å²) in [6.07, 6.45) is 1.43.